The summed E-state index contributed by atoms with van der Waals surface area (Å²) in [5, 5.41) is 2.78. The fourth-order valence-electron chi connectivity index (χ4n) is 3.05. The minimum Gasteiger partial charge on any atom is -0.337 e. The van der Waals surface area contributed by atoms with Crippen LogP contribution in [0.4, 0.5) is 0 Å². The maximum Gasteiger partial charge on any atom is 0.270 e. The highest BCUT2D eigenvalue weighted by Gasteiger charge is 2.21. The van der Waals surface area contributed by atoms with E-state index in [9.17, 15) is 9.59 Å². The lowest BCUT2D eigenvalue weighted by Crippen LogP contribution is -2.40. The van der Waals surface area contributed by atoms with Gasteiger partial charge in [0.2, 0.25) is 5.91 Å². The average Bonchev–Trinajstić information content (AvgIpc) is 2.73. The predicted molar refractivity (Wildman–Crippen MR) is 108 cm³/mol. The van der Waals surface area contributed by atoms with Gasteiger partial charge in [0.1, 0.15) is 5.70 Å². The van der Waals surface area contributed by atoms with E-state index < -0.39 is 0 Å². The molecule has 27 heavy (non-hydrogen) atoms. The lowest BCUT2D eigenvalue weighted by molar-refractivity contribution is -0.129. The van der Waals surface area contributed by atoms with Crippen molar-refractivity contribution in [1.82, 2.24) is 10.2 Å². The molecule has 0 saturated carbocycles. The van der Waals surface area contributed by atoms with Crippen molar-refractivity contribution in [2.75, 3.05) is 13.1 Å². The minimum atomic E-state index is -0.314. The van der Waals surface area contributed by atoms with Crippen LogP contribution in [0.2, 0.25) is 0 Å². The van der Waals surface area contributed by atoms with Crippen LogP contribution in [-0.2, 0) is 9.59 Å². The highest BCUT2D eigenvalue weighted by atomic mass is 16.2. The topological polar surface area (TPSA) is 49.4 Å². The van der Waals surface area contributed by atoms with Gasteiger partial charge in [0.25, 0.3) is 5.91 Å². The number of piperidine rings is 1. The third-order valence-electron chi connectivity index (χ3n) is 4.47. The fourth-order valence-corrected chi connectivity index (χ4v) is 3.05. The summed E-state index contributed by atoms with van der Waals surface area (Å²) in [5.41, 5.74) is 2.12. The van der Waals surface area contributed by atoms with Gasteiger partial charge in [0.05, 0.1) is 0 Å². The van der Waals surface area contributed by atoms with E-state index in [2.05, 4.69) is 5.32 Å². The summed E-state index contributed by atoms with van der Waals surface area (Å²) < 4.78 is 0. The van der Waals surface area contributed by atoms with Crippen molar-refractivity contribution in [1.29, 1.82) is 0 Å². The summed E-state index contributed by atoms with van der Waals surface area (Å²) in [6.07, 6.45) is 8.09. The second-order valence-electron chi connectivity index (χ2n) is 6.55. The van der Waals surface area contributed by atoms with Crippen LogP contribution in [-0.4, -0.2) is 29.8 Å². The number of likely N-dealkylation sites (tertiary alicyclic amines) is 1. The lowest BCUT2D eigenvalue weighted by atomic mass is 10.1. The number of nitrogens with zero attached hydrogens (tertiary/aromatic N) is 1. The van der Waals surface area contributed by atoms with Crippen molar-refractivity contribution in [3.05, 3.63) is 83.6 Å². The molecule has 1 aliphatic rings. The summed E-state index contributed by atoms with van der Waals surface area (Å²) in [5.74, 6) is -0.439. The SMILES string of the molecule is O=C(/C=C/c1ccccc1)N/C(=C/c1ccccc1)C(=O)N1CCCCC1. The zero-order valence-corrected chi connectivity index (χ0v) is 15.3. The summed E-state index contributed by atoms with van der Waals surface area (Å²) in [4.78, 5) is 27.1. The van der Waals surface area contributed by atoms with E-state index in [0.717, 1.165) is 43.5 Å². The molecule has 0 bridgehead atoms. The Kier molecular flexibility index (Phi) is 6.58. The van der Waals surface area contributed by atoms with E-state index >= 15 is 0 Å². The minimum absolute atomic E-state index is 0.125. The molecule has 0 aromatic heterocycles. The van der Waals surface area contributed by atoms with Crippen LogP contribution in [0.25, 0.3) is 12.2 Å². The van der Waals surface area contributed by atoms with Crippen LogP contribution >= 0.6 is 0 Å². The molecule has 3 rings (SSSR count). The maximum absolute atomic E-state index is 12.9. The molecule has 4 nitrogen and oxygen atoms in total. The number of hydrogen-bond donors (Lipinski definition) is 1. The Hall–Kier alpha value is -3.14. The standard InChI is InChI=1S/C23H24N2O2/c26-22(15-14-19-10-4-1-5-11-19)24-21(18-20-12-6-2-7-13-20)23(27)25-16-8-3-9-17-25/h1-2,4-7,10-15,18H,3,8-9,16-17H2,(H,24,26)/b15-14+,21-18+. The van der Waals surface area contributed by atoms with Gasteiger partial charge < -0.3 is 10.2 Å². The number of amides is 2. The zero-order valence-electron chi connectivity index (χ0n) is 15.3. The Labute approximate surface area is 160 Å². The van der Waals surface area contributed by atoms with Crippen molar-refractivity contribution < 1.29 is 9.59 Å². The first-order valence-electron chi connectivity index (χ1n) is 9.32. The first-order chi connectivity index (χ1) is 13.2. The van der Waals surface area contributed by atoms with E-state index in [1.165, 1.54) is 6.08 Å². The van der Waals surface area contributed by atoms with E-state index in [4.69, 9.17) is 0 Å². The van der Waals surface area contributed by atoms with E-state index in [0.29, 0.717) is 5.70 Å². The smallest absolute Gasteiger partial charge is 0.270 e. The molecule has 4 heteroatoms. The molecule has 2 amide bonds. The molecule has 0 aliphatic carbocycles. The summed E-state index contributed by atoms with van der Waals surface area (Å²) in [7, 11) is 0. The Morgan fingerprint density at radius 3 is 2.04 bits per heavy atom. The molecule has 1 heterocycles. The summed E-state index contributed by atoms with van der Waals surface area (Å²) in [6, 6.07) is 19.2. The van der Waals surface area contributed by atoms with Crippen molar-refractivity contribution in [2.45, 2.75) is 19.3 Å². The highest BCUT2D eigenvalue weighted by Crippen LogP contribution is 2.14. The van der Waals surface area contributed by atoms with Gasteiger partial charge in [-0.25, -0.2) is 0 Å². The third-order valence-corrected chi connectivity index (χ3v) is 4.47. The molecule has 1 N–H and O–H groups in total. The zero-order chi connectivity index (χ0) is 18.9. The molecule has 2 aromatic rings. The van der Waals surface area contributed by atoms with Crippen LogP contribution in [0.1, 0.15) is 30.4 Å². The third kappa shape index (κ3) is 5.68. The van der Waals surface area contributed by atoms with Gasteiger partial charge in [0.15, 0.2) is 0 Å². The van der Waals surface area contributed by atoms with E-state index in [1.54, 1.807) is 12.2 Å². The molecule has 0 unspecified atom stereocenters. The molecule has 2 aromatic carbocycles. The van der Waals surface area contributed by atoms with E-state index in [-0.39, 0.29) is 11.8 Å². The average molecular weight is 360 g/mol. The number of benzene rings is 2. The Morgan fingerprint density at radius 1 is 0.815 bits per heavy atom. The molecule has 1 fully saturated rings. The van der Waals surface area contributed by atoms with Crippen LogP contribution in [0, 0.1) is 0 Å². The molecule has 138 valence electrons. The van der Waals surface area contributed by atoms with Crippen LogP contribution < -0.4 is 5.32 Å². The summed E-state index contributed by atoms with van der Waals surface area (Å²) >= 11 is 0. The van der Waals surface area contributed by atoms with E-state index in [1.807, 2.05) is 65.6 Å². The van der Waals surface area contributed by atoms with Gasteiger partial charge in [-0.15, -0.1) is 0 Å². The molecular formula is C23H24N2O2. The van der Waals surface area contributed by atoms with Gasteiger partial charge >= 0.3 is 0 Å². The van der Waals surface area contributed by atoms with Gasteiger partial charge in [-0.05, 0) is 42.5 Å². The van der Waals surface area contributed by atoms with Crippen molar-refractivity contribution >= 4 is 24.0 Å². The van der Waals surface area contributed by atoms with Crippen LogP contribution in [0.3, 0.4) is 0 Å². The second kappa shape index (κ2) is 9.53. The molecule has 0 spiro atoms. The molecule has 1 aliphatic heterocycles. The van der Waals surface area contributed by atoms with Gasteiger partial charge in [0, 0.05) is 19.2 Å². The number of carbonyl (C=O) groups excluding carboxylic acids is 2. The predicted octanol–water partition coefficient (Wildman–Crippen LogP) is 3.87. The largest absolute Gasteiger partial charge is 0.337 e. The first kappa shape index (κ1) is 18.6. The number of rotatable bonds is 5. The quantitative estimate of drug-likeness (QED) is 0.823. The normalized spacial score (nSPS) is 15.0. The highest BCUT2D eigenvalue weighted by molar-refractivity contribution is 6.04. The monoisotopic (exact) mass is 360 g/mol. The van der Waals surface area contributed by atoms with Gasteiger partial charge in [-0.2, -0.15) is 0 Å². The fraction of sp³-hybridized carbons (Fsp3) is 0.217. The first-order valence-corrected chi connectivity index (χ1v) is 9.32. The Morgan fingerprint density at radius 2 is 1.41 bits per heavy atom. The van der Waals surface area contributed by atoms with Gasteiger partial charge in [-0.1, -0.05) is 60.7 Å². The Bertz CT molecular complexity index is 820. The lowest BCUT2D eigenvalue weighted by Gasteiger charge is -2.27. The van der Waals surface area contributed by atoms with Crippen molar-refractivity contribution in [3.8, 4) is 0 Å². The molecular weight excluding hydrogens is 336 g/mol. The maximum atomic E-state index is 12.9. The molecule has 1 saturated heterocycles. The van der Waals surface area contributed by atoms with Gasteiger partial charge in [-0.3, -0.25) is 9.59 Å². The number of nitrogens with one attached hydrogen (secondary N) is 1. The molecule has 0 radical (unpaired) electrons. The number of hydrogen-bond acceptors (Lipinski definition) is 2. The second-order valence-corrected chi connectivity index (χ2v) is 6.55. The Balaban J connectivity index is 1.77. The van der Waals surface area contributed by atoms with Crippen molar-refractivity contribution in [3.63, 3.8) is 0 Å². The molecule has 0 atom stereocenters. The van der Waals surface area contributed by atoms with Crippen molar-refractivity contribution in [2.24, 2.45) is 0 Å². The van der Waals surface area contributed by atoms with Crippen LogP contribution in [0.15, 0.2) is 72.4 Å². The van der Waals surface area contributed by atoms with Crippen LogP contribution in [0.5, 0.6) is 0 Å². The summed E-state index contributed by atoms with van der Waals surface area (Å²) in [6.45, 7) is 1.47. The number of carbonyl (C=O) groups is 2.